The molecule has 0 aliphatic heterocycles. The topological polar surface area (TPSA) is 78.7 Å². The van der Waals surface area contributed by atoms with E-state index in [4.69, 9.17) is 9.26 Å². The van der Waals surface area contributed by atoms with Crippen molar-refractivity contribution in [1.82, 2.24) is 0 Å². The van der Waals surface area contributed by atoms with Crippen molar-refractivity contribution in [3.63, 3.8) is 0 Å². The average molecular weight is 307 g/mol. The predicted octanol–water partition coefficient (Wildman–Crippen LogP) is 3.22. The fourth-order valence-electron chi connectivity index (χ4n) is 1.74. The van der Waals surface area contributed by atoms with Gasteiger partial charge in [-0.05, 0) is 36.4 Å². The zero-order valence-electron chi connectivity index (χ0n) is 11.6. The third-order valence-electron chi connectivity index (χ3n) is 2.87. The van der Waals surface area contributed by atoms with Gasteiger partial charge in [0.25, 0.3) is 13.1 Å². The molecule has 0 aliphatic rings. The van der Waals surface area contributed by atoms with Gasteiger partial charge in [0, 0.05) is 24.1 Å². The van der Waals surface area contributed by atoms with E-state index in [0.717, 1.165) is 0 Å². The van der Waals surface area contributed by atoms with Crippen LogP contribution < -0.4 is 14.6 Å². The second kappa shape index (κ2) is 5.97. The Balaban J connectivity index is 2.19. The molecule has 0 fully saturated rings. The SMILES string of the molecule is COc1ccc(P(C)(=O)Oc2ccc([N+](=O)[O-])cc2)cc1. The maximum Gasteiger partial charge on any atom is 0.274 e. The van der Waals surface area contributed by atoms with Crippen LogP contribution in [0.15, 0.2) is 48.5 Å². The van der Waals surface area contributed by atoms with Crippen LogP contribution in [0.2, 0.25) is 0 Å². The molecule has 0 N–H and O–H groups in total. The number of nitrogens with zero attached hydrogens (tertiary/aromatic N) is 1. The van der Waals surface area contributed by atoms with Crippen molar-refractivity contribution < 1.29 is 18.7 Å². The van der Waals surface area contributed by atoms with Crippen LogP contribution in [0, 0.1) is 10.1 Å². The van der Waals surface area contributed by atoms with Gasteiger partial charge in [0.1, 0.15) is 11.5 Å². The molecule has 7 heteroatoms. The van der Waals surface area contributed by atoms with Crippen LogP contribution in [-0.4, -0.2) is 18.7 Å². The largest absolute Gasteiger partial charge is 0.497 e. The number of hydrogen-bond acceptors (Lipinski definition) is 5. The van der Waals surface area contributed by atoms with Gasteiger partial charge in [-0.25, -0.2) is 0 Å². The number of nitro benzene ring substituents is 1. The molecule has 1 unspecified atom stereocenters. The first-order valence-corrected chi connectivity index (χ1v) is 8.16. The van der Waals surface area contributed by atoms with Gasteiger partial charge >= 0.3 is 0 Å². The molecule has 1 atom stereocenters. The highest BCUT2D eigenvalue weighted by atomic mass is 31.2. The molecule has 21 heavy (non-hydrogen) atoms. The first-order chi connectivity index (χ1) is 9.92. The van der Waals surface area contributed by atoms with Gasteiger partial charge in [-0.3, -0.25) is 14.7 Å². The normalized spacial score (nSPS) is 13.2. The molecule has 0 saturated heterocycles. The maximum atomic E-state index is 12.6. The fourth-order valence-corrected chi connectivity index (χ4v) is 3.06. The van der Waals surface area contributed by atoms with Gasteiger partial charge in [-0.2, -0.15) is 0 Å². The Morgan fingerprint density at radius 2 is 1.52 bits per heavy atom. The van der Waals surface area contributed by atoms with Crippen molar-refractivity contribution in [2.75, 3.05) is 13.8 Å². The van der Waals surface area contributed by atoms with E-state index in [-0.39, 0.29) is 5.69 Å². The Labute approximate surface area is 121 Å². The second-order valence-electron chi connectivity index (χ2n) is 4.39. The van der Waals surface area contributed by atoms with Gasteiger partial charge < -0.3 is 9.26 Å². The summed E-state index contributed by atoms with van der Waals surface area (Å²) in [6.07, 6.45) is 0. The van der Waals surface area contributed by atoms with Crippen LogP contribution in [0.4, 0.5) is 5.69 Å². The Morgan fingerprint density at radius 3 is 2.00 bits per heavy atom. The monoisotopic (exact) mass is 307 g/mol. The highest BCUT2D eigenvalue weighted by Crippen LogP contribution is 2.42. The minimum Gasteiger partial charge on any atom is -0.497 e. The van der Waals surface area contributed by atoms with Gasteiger partial charge in [-0.1, -0.05) is 0 Å². The third-order valence-corrected chi connectivity index (χ3v) is 4.66. The summed E-state index contributed by atoms with van der Waals surface area (Å²) < 4.78 is 23.1. The van der Waals surface area contributed by atoms with Crippen molar-refractivity contribution in [3.8, 4) is 11.5 Å². The molecule has 2 aromatic rings. The smallest absolute Gasteiger partial charge is 0.274 e. The molecule has 0 bridgehead atoms. The van der Waals surface area contributed by atoms with Gasteiger partial charge in [-0.15, -0.1) is 0 Å². The molecule has 6 nitrogen and oxygen atoms in total. The van der Waals surface area contributed by atoms with E-state index in [1.165, 1.54) is 30.9 Å². The Morgan fingerprint density at radius 1 is 1.00 bits per heavy atom. The summed E-state index contributed by atoms with van der Waals surface area (Å²) in [4.78, 5) is 10.1. The summed E-state index contributed by atoms with van der Waals surface area (Å²) >= 11 is 0. The van der Waals surface area contributed by atoms with Crippen molar-refractivity contribution in [2.45, 2.75) is 0 Å². The first kappa shape index (κ1) is 15.1. The summed E-state index contributed by atoms with van der Waals surface area (Å²) in [5.41, 5.74) is -0.0438. The van der Waals surface area contributed by atoms with E-state index < -0.39 is 12.3 Å². The molecule has 2 rings (SSSR count). The van der Waals surface area contributed by atoms with Crippen LogP contribution in [0.25, 0.3) is 0 Å². The van der Waals surface area contributed by atoms with Gasteiger partial charge in [0.2, 0.25) is 0 Å². The van der Waals surface area contributed by atoms with E-state index in [0.29, 0.717) is 16.8 Å². The minimum absolute atomic E-state index is 0.0438. The molecule has 0 aromatic heterocycles. The lowest BCUT2D eigenvalue weighted by molar-refractivity contribution is -0.384. The number of benzene rings is 2. The van der Waals surface area contributed by atoms with Gasteiger partial charge in [0.05, 0.1) is 12.0 Å². The van der Waals surface area contributed by atoms with E-state index in [2.05, 4.69) is 0 Å². The minimum atomic E-state index is -3.06. The quantitative estimate of drug-likeness (QED) is 0.481. The lowest BCUT2D eigenvalue weighted by Gasteiger charge is -2.15. The Bertz CT molecular complexity index is 682. The summed E-state index contributed by atoms with van der Waals surface area (Å²) in [6.45, 7) is 1.50. The lowest BCUT2D eigenvalue weighted by Crippen LogP contribution is -2.08. The molecule has 0 saturated carbocycles. The van der Waals surface area contributed by atoms with Crippen LogP contribution in [0.3, 0.4) is 0 Å². The van der Waals surface area contributed by atoms with Crippen molar-refractivity contribution >= 4 is 18.4 Å². The zero-order valence-corrected chi connectivity index (χ0v) is 12.4. The van der Waals surface area contributed by atoms with Crippen molar-refractivity contribution in [1.29, 1.82) is 0 Å². The maximum absolute atomic E-state index is 12.6. The zero-order chi connectivity index (χ0) is 15.5. The molecular formula is C14H14NO5P. The summed E-state index contributed by atoms with van der Waals surface area (Å²) in [7, 11) is -1.51. The number of ether oxygens (including phenoxy) is 1. The average Bonchev–Trinajstić information content (AvgIpc) is 2.47. The van der Waals surface area contributed by atoms with Crippen LogP contribution in [0.5, 0.6) is 11.5 Å². The highest BCUT2D eigenvalue weighted by Gasteiger charge is 2.21. The van der Waals surface area contributed by atoms with E-state index >= 15 is 0 Å². The number of hydrogen-bond donors (Lipinski definition) is 0. The standard InChI is InChI=1S/C14H14NO5P/c1-19-12-7-9-14(10-8-12)21(2,18)20-13-5-3-11(4-6-13)15(16)17/h3-10H,1-2H3. The second-order valence-corrected chi connectivity index (χ2v) is 6.78. The molecule has 0 heterocycles. The number of methoxy groups -OCH3 is 1. The molecule has 0 aliphatic carbocycles. The van der Waals surface area contributed by atoms with Crippen LogP contribution >= 0.6 is 7.37 Å². The van der Waals surface area contributed by atoms with Crippen LogP contribution in [-0.2, 0) is 4.57 Å². The number of non-ortho nitro benzene ring substituents is 1. The summed E-state index contributed by atoms with van der Waals surface area (Å²) in [5.74, 6) is 0.983. The van der Waals surface area contributed by atoms with Gasteiger partial charge in [0.15, 0.2) is 0 Å². The Hall–Kier alpha value is -2.33. The molecule has 0 spiro atoms. The van der Waals surface area contributed by atoms with Crippen molar-refractivity contribution in [3.05, 3.63) is 58.6 Å². The molecule has 110 valence electrons. The van der Waals surface area contributed by atoms with E-state index in [1.807, 2.05) is 0 Å². The lowest BCUT2D eigenvalue weighted by atomic mass is 10.3. The summed E-state index contributed by atoms with van der Waals surface area (Å²) in [5, 5.41) is 11.1. The first-order valence-electron chi connectivity index (χ1n) is 6.08. The molecule has 0 radical (unpaired) electrons. The predicted molar refractivity (Wildman–Crippen MR) is 79.9 cm³/mol. The molecular weight excluding hydrogens is 293 g/mol. The van der Waals surface area contributed by atoms with E-state index in [1.54, 1.807) is 31.4 Å². The summed E-state index contributed by atoms with van der Waals surface area (Å²) in [6, 6.07) is 12.2. The third kappa shape index (κ3) is 3.61. The molecule has 2 aromatic carbocycles. The number of nitro groups is 1. The van der Waals surface area contributed by atoms with E-state index in [9.17, 15) is 14.7 Å². The highest BCUT2D eigenvalue weighted by molar-refractivity contribution is 7.66. The fraction of sp³-hybridized carbons (Fsp3) is 0.143. The molecule has 0 amide bonds. The van der Waals surface area contributed by atoms with Crippen molar-refractivity contribution in [2.24, 2.45) is 0 Å². The van der Waals surface area contributed by atoms with Crippen LogP contribution in [0.1, 0.15) is 0 Å². The Kier molecular flexibility index (Phi) is 4.29. The number of rotatable bonds is 5.